The van der Waals surface area contributed by atoms with Crippen LogP contribution in [0.4, 0.5) is 0 Å². The van der Waals surface area contributed by atoms with Gasteiger partial charge in [0, 0.05) is 12.6 Å². The van der Waals surface area contributed by atoms with E-state index in [1.807, 2.05) is 6.07 Å². The molecule has 1 saturated heterocycles. The number of hydrogen-bond acceptors (Lipinski definition) is 3. The van der Waals surface area contributed by atoms with Crippen molar-refractivity contribution in [2.75, 3.05) is 6.54 Å². The van der Waals surface area contributed by atoms with E-state index >= 15 is 0 Å². The molecule has 1 amide bonds. The second-order valence-electron chi connectivity index (χ2n) is 4.95. The van der Waals surface area contributed by atoms with E-state index in [1.54, 1.807) is 30.3 Å². The summed E-state index contributed by atoms with van der Waals surface area (Å²) in [7, 11) is 0. The van der Waals surface area contributed by atoms with Gasteiger partial charge in [-0.3, -0.25) is 4.79 Å². The van der Waals surface area contributed by atoms with Gasteiger partial charge in [-0.2, -0.15) is 5.26 Å². The fraction of sp³-hybridized carbons (Fsp3) is 0.312. The number of carbonyl (C=O) groups is 2. The molecule has 0 unspecified atom stereocenters. The summed E-state index contributed by atoms with van der Waals surface area (Å²) < 4.78 is 0. The maximum absolute atomic E-state index is 12.1. The summed E-state index contributed by atoms with van der Waals surface area (Å²) >= 11 is 0. The minimum atomic E-state index is -0.949. The van der Waals surface area contributed by atoms with Gasteiger partial charge in [-0.05, 0) is 43.0 Å². The summed E-state index contributed by atoms with van der Waals surface area (Å²) in [5, 5.41) is 17.9. The highest BCUT2D eigenvalue weighted by Gasteiger charge is 2.30. The van der Waals surface area contributed by atoms with Crippen LogP contribution < -0.4 is 0 Å². The normalized spacial score (nSPS) is 18.4. The molecule has 1 aromatic rings. The summed E-state index contributed by atoms with van der Waals surface area (Å²) in [6.45, 7) is 0.480. The molecule has 1 N–H and O–H groups in total. The molecule has 0 saturated carbocycles. The number of hydrogen-bond donors (Lipinski definition) is 1. The van der Waals surface area contributed by atoms with E-state index in [4.69, 9.17) is 10.4 Å². The highest BCUT2D eigenvalue weighted by molar-refractivity contribution is 5.94. The van der Waals surface area contributed by atoms with Crippen LogP contribution in [0, 0.1) is 11.3 Å². The van der Waals surface area contributed by atoms with Gasteiger partial charge in [0.1, 0.15) is 6.04 Å². The van der Waals surface area contributed by atoms with Crippen LogP contribution in [0.15, 0.2) is 30.3 Å². The number of carboxylic acids is 1. The van der Waals surface area contributed by atoms with E-state index in [1.165, 1.54) is 11.0 Å². The fourth-order valence-electron chi connectivity index (χ4n) is 2.38. The number of piperidine rings is 1. The van der Waals surface area contributed by atoms with Crippen molar-refractivity contribution in [1.29, 1.82) is 5.26 Å². The van der Waals surface area contributed by atoms with Gasteiger partial charge in [-0.25, -0.2) is 4.79 Å². The van der Waals surface area contributed by atoms with E-state index < -0.39 is 12.0 Å². The van der Waals surface area contributed by atoms with Crippen molar-refractivity contribution >= 4 is 18.0 Å². The standard InChI is InChI=1S/C16H16N2O3/c17-11-13-6-4-12(5-7-13)8-9-15(19)18-10-2-1-3-14(18)16(20)21/h4-9,14H,1-3,10H2,(H,20,21)/t14-/m1/s1. The monoisotopic (exact) mass is 284 g/mol. The first-order valence-electron chi connectivity index (χ1n) is 6.83. The quantitative estimate of drug-likeness (QED) is 0.861. The molecule has 0 bridgehead atoms. The van der Waals surface area contributed by atoms with Crippen molar-refractivity contribution in [3.63, 3.8) is 0 Å². The van der Waals surface area contributed by atoms with Crippen molar-refractivity contribution in [3.8, 4) is 6.07 Å². The maximum atomic E-state index is 12.1. The Bertz CT molecular complexity index is 599. The summed E-state index contributed by atoms with van der Waals surface area (Å²) in [6.07, 6.45) is 5.20. The summed E-state index contributed by atoms with van der Waals surface area (Å²) in [6, 6.07) is 8.13. The lowest BCUT2D eigenvalue weighted by molar-refractivity contribution is -0.150. The van der Waals surface area contributed by atoms with Gasteiger partial charge in [-0.15, -0.1) is 0 Å². The molecule has 108 valence electrons. The predicted molar refractivity (Wildman–Crippen MR) is 77.2 cm³/mol. The zero-order chi connectivity index (χ0) is 15.2. The number of carbonyl (C=O) groups excluding carboxylic acids is 1. The van der Waals surface area contributed by atoms with Gasteiger partial charge in [0.2, 0.25) is 5.91 Å². The zero-order valence-corrected chi connectivity index (χ0v) is 11.5. The van der Waals surface area contributed by atoms with Crippen molar-refractivity contribution in [1.82, 2.24) is 4.90 Å². The first-order chi connectivity index (χ1) is 10.1. The average Bonchev–Trinajstić information content (AvgIpc) is 2.53. The first-order valence-corrected chi connectivity index (χ1v) is 6.83. The molecule has 0 aliphatic carbocycles. The number of amides is 1. The number of nitriles is 1. The predicted octanol–water partition coefficient (Wildman–Crippen LogP) is 2.04. The minimum absolute atomic E-state index is 0.286. The van der Waals surface area contributed by atoms with Gasteiger partial charge in [0.15, 0.2) is 0 Å². The largest absolute Gasteiger partial charge is 0.480 e. The van der Waals surface area contributed by atoms with Crippen LogP contribution in [0.1, 0.15) is 30.4 Å². The molecule has 21 heavy (non-hydrogen) atoms. The Morgan fingerprint density at radius 1 is 1.29 bits per heavy atom. The number of benzene rings is 1. The van der Waals surface area contributed by atoms with Crippen molar-refractivity contribution < 1.29 is 14.7 Å². The van der Waals surface area contributed by atoms with E-state index in [2.05, 4.69) is 0 Å². The van der Waals surface area contributed by atoms with Crippen molar-refractivity contribution in [2.24, 2.45) is 0 Å². The number of nitrogens with zero attached hydrogens (tertiary/aromatic N) is 2. The number of carboxylic acid groups (broad SMARTS) is 1. The number of rotatable bonds is 3. The van der Waals surface area contributed by atoms with E-state index in [0.717, 1.165) is 18.4 Å². The second-order valence-corrected chi connectivity index (χ2v) is 4.95. The van der Waals surface area contributed by atoms with Gasteiger partial charge in [0.05, 0.1) is 11.6 Å². The van der Waals surface area contributed by atoms with Crippen LogP contribution in [0.2, 0.25) is 0 Å². The first kappa shape index (κ1) is 14.8. The van der Waals surface area contributed by atoms with Crippen LogP contribution in [0.5, 0.6) is 0 Å². The van der Waals surface area contributed by atoms with E-state index in [0.29, 0.717) is 18.5 Å². The van der Waals surface area contributed by atoms with E-state index in [-0.39, 0.29) is 5.91 Å². The lowest BCUT2D eigenvalue weighted by Gasteiger charge is -2.32. The maximum Gasteiger partial charge on any atom is 0.326 e. The van der Waals surface area contributed by atoms with Gasteiger partial charge >= 0.3 is 5.97 Å². The van der Waals surface area contributed by atoms with E-state index in [9.17, 15) is 9.59 Å². The Kier molecular flexibility index (Phi) is 4.72. The lowest BCUT2D eigenvalue weighted by atomic mass is 10.0. The molecule has 1 aromatic carbocycles. The Hall–Kier alpha value is -2.61. The third-order valence-corrected chi connectivity index (χ3v) is 3.53. The van der Waals surface area contributed by atoms with Gasteiger partial charge in [0.25, 0.3) is 0 Å². The van der Waals surface area contributed by atoms with Crippen LogP contribution >= 0.6 is 0 Å². The average molecular weight is 284 g/mol. The molecule has 2 rings (SSSR count). The molecule has 1 atom stereocenters. The van der Waals surface area contributed by atoms with Crippen LogP contribution in [0.3, 0.4) is 0 Å². The molecule has 1 aliphatic rings. The summed E-state index contributed by atoms with van der Waals surface area (Å²) in [4.78, 5) is 24.7. The highest BCUT2D eigenvalue weighted by Crippen LogP contribution is 2.18. The van der Waals surface area contributed by atoms with Crippen molar-refractivity contribution in [2.45, 2.75) is 25.3 Å². The van der Waals surface area contributed by atoms with Crippen LogP contribution in [-0.2, 0) is 9.59 Å². The fourth-order valence-corrected chi connectivity index (χ4v) is 2.38. The summed E-state index contributed by atoms with van der Waals surface area (Å²) in [5.74, 6) is -1.23. The number of likely N-dealkylation sites (tertiary alicyclic amines) is 1. The van der Waals surface area contributed by atoms with Crippen LogP contribution in [0.25, 0.3) is 6.08 Å². The third kappa shape index (κ3) is 3.69. The Balaban J connectivity index is 2.06. The third-order valence-electron chi connectivity index (χ3n) is 3.53. The zero-order valence-electron chi connectivity index (χ0n) is 11.5. The second kappa shape index (κ2) is 6.71. The smallest absolute Gasteiger partial charge is 0.326 e. The molecule has 5 heteroatoms. The lowest BCUT2D eigenvalue weighted by Crippen LogP contribution is -2.47. The van der Waals surface area contributed by atoms with Gasteiger partial charge < -0.3 is 10.0 Å². The molecular weight excluding hydrogens is 268 g/mol. The topological polar surface area (TPSA) is 81.4 Å². The Morgan fingerprint density at radius 3 is 2.62 bits per heavy atom. The molecular formula is C16H16N2O3. The Morgan fingerprint density at radius 2 is 2.00 bits per heavy atom. The van der Waals surface area contributed by atoms with Crippen molar-refractivity contribution in [3.05, 3.63) is 41.5 Å². The molecule has 0 radical (unpaired) electrons. The molecule has 0 aromatic heterocycles. The van der Waals surface area contributed by atoms with Crippen LogP contribution in [-0.4, -0.2) is 34.5 Å². The molecule has 1 aliphatic heterocycles. The molecule has 1 heterocycles. The Labute approximate surface area is 123 Å². The minimum Gasteiger partial charge on any atom is -0.480 e. The highest BCUT2D eigenvalue weighted by atomic mass is 16.4. The molecule has 0 spiro atoms. The SMILES string of the molecule is N#Cc1ccc(C=CC(=O)N2CCCC[C@@H]2C(=O)O)cc1. The summed E-state index contributed by atoms with van der Waals surface area (Å²) in [5.41, 5.74) is 1.35. The molecule has 1 fully saturated rings. The molecule has 5 nitrogen and oxygen atoms in total. The van der Waals surface area contributed by atoms with Gasteiger partial charge in [-0.1, -0.05) is 12.1 Å². The number of aliphatic carboxylic acids is 1.